The molecule has 0 bridgehead atoms. The summed E-state index contributed by atoms with van der Waals surface area (Å²) in [6.45, 7) is -0.0328. The van der Waals surface area contributed by atoms with Crippen molar-refractivity contribution in [1.29, 1.82) is 0 Å². The van der Waals surface area contributed by atoms with Crippen LogP contribution in [0.5, 0.6) is 0 Å². The highest BCUT2D eigenvalue weighted by Crippen LogP contribution is 2.34. The van der Waals surface area contributed by atoms with Crippen molar-refractivity contribution in [1.82, 2.24) is 14.9 Å². The summed E-state index contributed by atoms with van der Waals surface area (Å²) < 4.78 is 79.0. The second-order valence-electron chi connectivity index (χ2n) is 7.35. The van der Waals surface area contributed by atoms with Gasteiger partial charge in [-0.3, -0.25) is 4.79 Å². The summed E-state index contributed by atoms with van der Waals surface area (Å²) >= 11 is 0. The number of carbonyl (C=O) groups is 1. The van der Waals surface area contributed by atoms with Crippen LogP contribution in [0.2, 0.25) is 0 Å². The van der Waals surface area contributed by atoms with E-state index in [4.69, 9.17) is 0 Å². The number of likely N-dealkylation sites (tertiary alicyclic amines) is 1. The van der Waals surface area contributed by atoms with Crippen molar-refractivity contribution in [3.63, 3.8) is 0 Å². The smallest absolute Gasteiger partial charge is 0.358 e. The Bertz CT molecular complexity index is 1160. The summed E-state index contributed by atoms with van der Waals surface area (Å²) in [4.78, 5) is 22.0. The first-order valence-corrected chi connectivity index (χ1v) is 9.56. The Kier molecular flexibility index (Phi) is 5.43. The van der Waals surface area contributed by atoms with Gasteiger partial charge >= 0.3 is 12.4 Å². The third kappa shape index (κ3) is 4.32. The number of benzene rings is 2. The quantitative estimate of drug-likeness (QED) is 0.571. The minimum Gasteiger partial charge on any atom is -0.358 e. The molecule has 168 valence electrons. The summed E-state index contributed by atoms with van der Waals surface area (Å²) in [6, 6.07) is 7.19. The van der Waals surface area contributed by atoms with Gasteiger partial charge in [-0.25, -0.2) is 9.97 Å². The molecular weight excluding hydrogens is 438 g/mol. The van der Waals surface area contributed by atoms with Crippen LogP contribution in [0.15, 0.2) is 48.8 Å². The molecule has 1 amide bonds. The molecule has 0 aliphatic carbocycles. The van der Waals surface area contributed by atoms with Gasteiger partial charge in [-0.05, 0) is 36.2 Å². The maximum absolute atomic E-state index is 13.2. The van der Waals surface area contributed by atoms with Gasteiger partial charge in [0.05, 0.1) is 16.6 Å². The first-order chi connectivity index (χ1) is 15.0. The molecule has 2 heterocycles. The molecule has 3 aromatic rings. The Balaban J connectivity index is 1.55. The number of aromatic nitrogens is 2. The molecule has 1 atom stereocenters. The van der Waals surface area contributed by atoms with E-state index in [1.54, 1.807) is 0 Å². The summed E-state index contributed by atoms with van der Waals surface area (Å²) in [6.07, 6.45) is -7.69. The fourth-order valence-electron chi connectivity index (χ4n) is 3.68. The van der Waals surface area contributed by atoms with Crippen LogP contribution in [-0.2, 0) is 23.7 Å². The first-order valence-electron chi connectivity index (χ1n) is 9.56. The average molecular weight is 454 g/mol. The van der Waals surface area contributed by atoms with Crippen molar-refractivity contribution in [2.24, 2.45) is 0 Å². The maximum atomic E-state index is 13.2. The second kappa shape index (κ2) is 7.95. The molecule has 0 spiro atoms. The molecule has 1 unspecified atom stereocenters. The van der Waals surface area contributed by atoms with Crippen LogP contribution in [0.1, 0.15) is 23.1 Å². The molecule has 1 fully saturated rings. The number of amides is 1. The number of carbonyl (C=O) groups excluding carboxylic acids is 1. The van der Waals surface area contributed by atoms with Gasteiger partial charge in [-0.2, -0.15) is 26.3 Å². The van der Waals surface area contributed by atoms with Crippen molar-refractivity contribution in [3.8, 4) is 0 Å². The normalized spacial score (nSPS) is 17.2. The van der Waals surface area contributed by atoms with Crippen LogP contribution in [0.3, 0.4) is 0 Å². The molecular formula is C21H16F6N4O. The number of hydrogen-bond acceptors (Lipinski definition) is 4. The molecule has 0 radical (unpaired) electrons. The van der Waals surface area contributed by atoms with Crippen LogP contribution in [0, 0.1) is 0 Å². The molecule has 1 saturated heterocycles. The van der Waals surface area contributed by atoms with Crippen molar-refractivity contribution < 1.29 is 31.1 Å². The van der Waals surface area contributed by atoms with Gasteiger partial charge in [0, 0.05) is 18.5 Å². The van der Waals surface area contributed by atoms with Crippen molar-refractivity contribution in [3.05, 3.63) is 65.5 Å². The van der Waals surface area contributed by atoms with Gasteiger partial charge in [0.1, 0.15) is 18.2 Å². The van der Waals surface area contributed by atoms with Crippen molar-refractivity contribution in [2.75, 3.05) is 11.9 Å². The number of anilines is 1. The highest BCUT2D eigenvalue weighted by Gasteiger charge is 2.37. The second-order valence-corrected chi connectivity index (χ2v) is 7.35. The highest BCUT2D eigenvalue weighted by molar-refractivity contribution is 5.93. The van der Waals surface area contributed by atoms with E-state index < -0.39 is 35.4 Å². The molecule has 1 aromatic heterocycles. The number of halogens is 6. The lowest BCUT2D eigenvalue weighted by molar-refractivity contribution is -0.139. The van der Waals surface area contributed by atoms with E-state index in [2.05, 4.69) is 15.3 Å². The van der Waals surface area contributed by atoms with Gasteiger partial charge in [-0.15, -0.1) is 0 Å². The van der Waals surface area contributed by atoms with Gasteiger partial charge in [-0.1, -0.05) is 18.2 Å². The molecule has 2 aromatic carbocycles. The fourth-order valence-corrected chi connectivity index (χ4v) is 3.68. The zero-order valence-corrected chi connectivity index (χ0v) is 16.3. The predicted octanol–water partition coefficient (Wildman–Crippen LogP) is 4.88. The van der Waals surface area contributed by atoms with E-state index in [-0.39, 0.29) is 41.8 Å². The molecule has 1 aliphatic heterocycles. The Morgan fingerprint density at radius 1 is 1.00 bits per heavy atom. The lowest BCUT2D eigenvalue weighted by atomic mass is 10.1. The molecule has 11 heteroatoms. The Morgan fingerprint density at radius 2 is 1.75 bits per heavy atom. The van der Waals surface area contributed by atoms with Gasteiger partial charge in [0.15, 0.2) is 0 Å². The predicted molar refractivity (Wildman–Crippen MR) is 103 cm³/mol. The van der Waals surface area contributed by atoms with Crippen LogP contribution >= 0.6 is 0 Å². The van der Waals surface area contributed by atoms with E-state index in [0.717, 1.165) is 24.5 Å². The monoisotopic (exact) mass is 454 g/mol. The van der Waals surface area contributed by atoms with E-state index in [1.165, 1.54) is 29.2 Å². The van der Waals surface area contributed by atoms with Crippen LogP contribution in [0.25, 0.3) is 10.9 Å². The standard InChI is InChI=1S/C21H16F6N4O/c22-20(23,24)13-5-6-16-14(9-13)18(29-11-28-16)30-17-7-8-31(19(17)32)10-12-3-1-2-4-15(12)21(25,26)27/h1-6,9,11,17H,7-8,10H2,(H,28,29,30). The van der Waals surface area contributed by atoms with Gasteiger partial charge in [0.2, 0.25) is 5.91 Å². The number of nitrogens with zero attached hydrogens (tertiary/aromatic N) is 3. The minimum absolute atomic E-state index is 0.0312. The van der Waals surface area contributed by atoms with Gasteiger partial charge in [0.25, 0.3) is 0 Å². The Hall–Kier alpha value is -3.37. The molecule has 4 rings (SSSR count). The summed E-state index contributed by atoms with van der Waals surface area (Å²) in [7, 11) is 0. The number of fused-ring (bicyclic) bond motifs is 1. The minimum atomic E-state index is -4.56. The van der Waals surface area contributed by atoms with E-state index >= 15 is 0 Å². The fraction of sp³-hybridized carbons (Fsp3) is 0.286. The summed E-state index contributed by atoms with van der Waals surface area (Å²) in [5.74, 6) is -0.405. The molecule has 1 aliphatic rings. The first kappa shape index (κ1) is 21.8. The number of rotatable bonds is 4. The van der Waals surface area contributed by atoms with Crippen LogP contribution in [-0.4, -0.2) is 33.4 Å². The Labute approximate surface area is 178 Å². The SMILES string of the molecule is O=C1C(Nc2ncnc3ccc(C(F)(F)F)cc23)CCN1Cc1ccccc1C(F)(F)F. The molecule has 32 heavy (non-hydrogen) atoms. The largest absolute Gasteiger partial charge is 0.416 e. The van der Waals surface area contributed by atoms with E-state index in [9.17, 15) is 31.1 Å². The average Bonchev–Trinajstić information content (AvgIpc) is 3.06. The van der Waals surface area contributed by atoms with Gasteiger partial charge < -0.3 is 10.2 Å². The zero-order chi connectivity index (χ0) is 23.1. The highest BCUT2D eigenvalue weighted by atomic mass is 19.4. The van der Waals surface area contributed by atoms with E-state index in [0.29, 0.717) is 0 Å². The molecule has 5 nitrogen and oxygen atoms in total. The molecule has 0 saturated carbocycles. The zero-order valence-electron chi connectivity index (χ0n) is 16.3. The number of nitrogens with one attached hydrogen (secondary N) is 1. The molecule has 1 N–H and O–H groups in total. The Morgan fingerprint density at radius 3 is 2.47 bits per heavy atom. The lowest BCUT2D eigenvalue weighted by Gasteiger charge is -2.20. The van der Waals surface area contributed by atoms with Crippen LogP contribution < -0.4 is 5.32 Å². The van der Waals surface area contributed by atoms with Crippen LogP contribution in [0.4, 0.5) is 32.2 Å². The summed E-state index contributed by atoms with van der Waals surface area (Å²) in [5, 5.41) is 2.93. The number of alkyl halides is 6. The summed E-state index contributed by atoms with van der Waals surface area (Å²) in [5.41, 5.74) is -1.47. The third-order valence-corrected chi connectivity index (χ3v) is 5.26. The lowest BCUT2D eigenvalue weighted by Crippen LogP contribution is -2.33. The van der Waals surface area contributed by atoms with E-state index in [1.807, 2.05) is 0 Å². The third-order valence-electron chi connectivity index (χ3n) is 5.26. The number of hydrogen-bond donors (Lipinski definition) is 1. The maximum Gasteiger partial charge on any atom is 0.416 e. The van der Waals surface area contributed by atoms with Crippen molar-refractivity contribution in [2.45, 2.75) is 31.4 Å². The topological polar surface area (TPSA) is 58.1 Å². The van der Waals surface area contributed by atoms with Crippen molar-refractivity contribution >= 4 is 22.6 Å².